The molecule has 1 aromatic carbocycles. The first-order valence-electron chi connectivity index (χ1n) is 7.24. The van der Waals surface area contributed by atoms with E-state index >= 15 is 0 Å². The summed E-state index contributed by atoms with van der Waals surface area (Å²) < 4.78 is 11.7. The molecule has 122 valence electrons. The Bertz CT molecular complexity index is 867. The largest absolute Gasteiger partial charge is 0.436 e. The van der Waals surface area contributed by atoms with Crippen LogP contribution in [0.15, 0.2) is 39.8 Å². The van der Waals surface area contributed by atoms with Gasteiger partial charge in [0.2, 0.25) is 5.71 Å². The number of hydrogen-bond donors (Lipinski definition) is 1. The zero-order chi connectivity index (χ0) is 16.8. The fraction of sp³-hybridized carbons (Fsp3) is 0.353. The van der Waals surface area contributed by atoms with Gasteiger partial charge in [0.05, 0.1) is 10.6 Å². The lowest BCUT2D eigenvalue weighted by atomic mass is 9.90. The van der Waals surface area contributed by atoms with Crippen LogP contribution in [0.4, 0.5) is 0 Å². The predicted octanol–water partition coefficient (Wildman–Crippen LogP) is 5.21. The van der Waals surface area contributed by atoms with Gasteiger partial charge in [0.25, 0.3) is 0 Å². The molecular weight excluding hydrogens is 334 g/mol. The maximum absolute atomic E-state index is 10.2. The first-order chi connectivity index (χ1) is 10.7. The quantitative estimate of drug-likeness (QED) is 0.654. The number of fused-ring (bicyclic) bond motifs is 3. The van der Waals surface area contributed by atoms with E-state index in [0.717, 1.165) is 15.7 Å². The number of nitrogens with zero attached hydrogens (tertiary/aromatic N) is 1. The average Bonchev–Trinajstić information content (AvgIpc) is 2.86. The smallest absolute Gasteiger partial charge is 0.227 e. The van der Waals surface area contributed by atoms with Crippen molar-refractivity contribution in [3.8, 4) is 0 Å². The predicted molar refractivity (Wildman–Crippen MR) is 93.8 cm³/mol. The molecule has 0 amide bonds. The van der Waals surface area contributed by atoms with Gasteiger partial charge in [-0.2, -0.15) is 0 Å². The maximum atomic E-state index is 10.2. The molecule has 3 rings (SSSR count). The van der Waals surface area contributed by atoms with Crippen LogP contribution in [0, 0.1) is 0 Å². The van der Waals surface area contributed by atoms with E-state index < -0.39 is 11.2 Å². The highest BCUT2D eigenvalue weighted by Crippen LogP contribution is 2.41. The fourth-order valence-electron chi connectivity index (χ4n) is 1.97. The van der Waals surface area contributed by atoms with Gasteiger partial charge < -0.3 is 13.7 Å². The van der Waals surface area contributed by atoms with Crippen molar-refractivity contribution >= 4 is 45.7 Å². The number of furan rings is 1. The SMILES string of the molecule is CC(C)(O)C(C)(C)OSc1ccc(Cl)c2oc3ncccc3c12. The summed E-state index contributed by atoms with van der Waals surface area (Å²) >= 11 is 7.46. The first kappa shape index (κ1) is 16.6. The molecule has 0 fully saturated rings. The van der Waals surface area contributed by atoms with Crippen molar-refractivity contribution in [2.75, 3.05) is 0 Å². The van der Waals surface area contributed by atoms with Gasteiger partial charge in [0.15, 0.2) is 5.58 Å². The minimum Gasteiger partial charge on any atom is -0.436 e. The summed E-state index contributed by atoms with van der Waals surface area (Å²) in [5.41, 5.74) is -0.582. The van der Waals surface area contributed by atoms with Gasteiger partial charge in [0.1, 0.15) is 5.60 Å². The van der Waals surface area contributed by atoms with Crippen molar-refractivity contribution in [2.45, 2.75) is 43.8 Å². The van der Waals surface area contributed by atoms with Crippen molar-refractivity contribution in [1.82, 2.24) is 4.98 Å². The van der Waals surface area contributed by atoms with Gasteiger partial charge in [0, 0.05) is 33.9 Å². The van der Waals surface area contributed by atoms with Gasteiger partial charge in [-0.05, 0) is 52.0 Å². The molecule has 23 heavy (non-hydrogen) atoms. The zero-order valence-corrected chi connectivity index (χ0v) is 15.0. The highest BCUT2D eigenvalue weighted by atomic mass is 35.5. The summed E-state index contributed by atoms with van der Waals surface area (Å²) in [6.07, 6.45) is 1.68. The Kier molecular flexibility index (Phi) is 4.09. The van der Waals surface area contributed by atoms with E-state index in [4.69, 9.17) is 20.2 Å². The number of rotatable bonds is 4. The number of aromatic nitrogens is 1. The van der Waals surface area contributed by atoms with E-state index in [0.29, 0.717) is 16.3 Å². The van der Waals surface area contributed by atoms with Crippen molar-refractivity contribution < 1.29 is 13.7 Å². The van der Waals surface area contributed by atoms with Crippen LogP contribution >= 0.6 is 23.6 Å². The third kappa shape index (κ3) is 2.94. The Morgan fingerprint density at radius 3 is 2.65 bits per heavy atom. The molecule has 2 heterocycles. The van der Waals surface area contributed by atoms with Crippen LogP contribution in [0.3, 0.4) is 0 Å². The normalized spacial score (nSPS) is 13.1. The van der Waals surface area contributed by atoms with E-state index in [-0.39, 0.29) is 0 Å². The molecule has 3 aromatic rings. The topological polar surface area (TPSA) is 55.5 Å². The highest BCUT2D eigenvalue weighted by molar-refractivity contribution is 7.95. The van der Waals surface area contributed by atoms with Crippen LogP contribution in [0.5, 0.6) is 0 Å². The number of aliphatic hydroxyl groups is 1. The summed E-state index contributed by atoms with van der Waals surface area (Å²) in [6.45, 7) is 7.15. The van der Waals surface area contributed by atoms with Crippen LogP contribution in [-0.4, -0.2) is 21.3 Å². The Morgan fingerprint density at radius 2 is 1.96 bits per heavy atom. The molecule has 1 N–H and O–H groups in total. The van der Waals surface area contributed by atoms with Crippen LogP contribution in [0.25, 0.3) is 22.1 Å². The van der Waals surface area contributed by atoms with E-state index in [2.05, 4.69) is 4.98 Å². The second-order valence-corrected chi connectivity index (χ2v) is 7.62. The lowest BCUT2D eigenvalue weighted by Crippen LogP contribution is -2.45. The van der Waals surface area contributed by atoms with Crippen molar-refractivity contribution in [2.24, 2.45) is 0 Å². The lowest BCUT2D eigenvalue weighted by Gasteiger charge is -2.35. The van der Waals surface area contributed by atoms with E-state index in [1.54, 1.807) is 26.1 Å². The van der Waals surface area contributed by atoms with Crippen LogP contribution in [0.1, 0.15) is 27.7 Å². The molecule has 0 aliphatic carbocycles. The third-order valence-corrected chi connectivity index (χ3v) is 5.44. The van der Waals surface area contributed by atoms with Gasteiger partial charge in [-0.3, -0.25) is 0 Å². The maximum Gasteiger partial charge on any atom is 0.227 e. The summed E-state index contributed by atoms with van der Waals surface area (Å²) in [4.78, 5) is 5.10. The van der Waals surface area contributed by atoms with Crippen LogP contribution < -0.4 is 0 Å². The van der Waals surface area contributed by atoms with E-state index in [9.17, 15) is 5.11 Å². The molecule has 0 saturated heterocycles. The third-order valence-electron chi connectivity index (χ3n) is 4.12. The molecule has 2 aromatic heterocycles. The fourth-order valence-corrected chi connectivity index (χ4v) is 3.08. The molecule has 0 radical (unpaired) electrons. The Labute approximate surface area is 144 Å². The summed E-state index contributed by atoms with van der Waals surface area (Å²) in [6, 6.07) is 7.46. The standard InChI is InChI=1S/C17H18ClNO3S/c1-16(2,20)17(3,4)22-23-12-8-7-11(18)14-13(12)10-6-5-9-19-15(10)21-14/h5-9,20H,1-4H3. The molecule has 0 spiro atoms. The molecule has 0 unspecified atom stereocenters. The molecule has 0 atom stereocenters. The zero-order valence-electron chi connectivity index (χ0n) is 13.4. The minimum atomic E-state index is -0.981. The number of pyridine rings is 1. The molecule has 0 aliphatic heterocycles. The molecule has 6 heteroatoms. The minimum absolute atomic E-state index is 0.532. The molecule has 4 nitrogen and oxygen atoms in total. The number of benzene rings is 1. The molecular formula is C17H18ClNO3S. The molecule has 0 saturated carbocycles. The Hall–Kier alpha value is -1.27. The van der Waals surface area contributed by atoms with Crippen LogP contribution in [0.2, 0.25) is 5.02 Å². The van der Waals surface area contributed by atoms with E-state index in [1.807, 2.05) is 32.0 Å². The van der Waals surface area contributed by atoms with Crippen molar-refractivity contribution in [3.63, 3.8) is 0 Å². The number of hydrogen-bond acceptors (Lipinski definition) is 5. The van der Waals surface area contributed by atoms with E-state index in [1.165, 1.54) is 12.0 Å². The van der Waals surface area contributed by atoms with Crippen molar-refractivity contribution in [1.29, 1.82) is 0 Å². The summed E-state index contributed by atoms with van der Waals surface area (Å²) in [7, 11) is 0. The molecule has 0 bridgehead atoms. The van der Waals surface area contributed by atoms with Gasteiger partial charge in [-0.1, -0.05) is 11.6 Å². The second-order valence-electron chi connectivity index (χ2n) is 6.44. The Balaban J connectivity index is 2.07. The van der Waals surface area contributed by atoms with Crippen LogP contribution in [-0.2, 0) is 4.18 Å². The monoisotopic (exact) mass is 351 g/mol. The summed E-state index contributed by atoms with van der Waals surface area (Å²) in [5.74, 6) is 0. The first-order valence-corrected chi connectivity index (χ1v) is 8.36. The average molecular weight is 352 g/mol. The lowest BCUT2D eigenvalue weighted by molar-refractivity contribution is -0.0813. The summed E-state index contributed by atoms with van der Waals surface area (Å²) in [5, 5.41) is 12.5. The van der Waals surface area contributed by atoms with Gasteiger partial charge in [-0.15, -0.1) is 0 Å². The number of halogens is 1. The van der Waals surface area contributed by atoms with Crippen molar-refractivity contribution in [3.05, 3.63) is 35.5 Å². The second kappa shape index (κ2) is 5.67. The molecule has 0 aliphatic rings. The Morgan fingerprint density at radius 1 is 1.22 bits per heavy atom. The van der Waals surface area contributed by atoms with Gasteiger partial charge >= 0.3 is 0 Å². The van der Waals surface area contributed by atoms with Gasteiger partial charge in [-0.25, -0.2) is 4.98 Å². The highest BCUT2D eigenvalue weighted by Gasteiger charge is 2.37.